The van der Waals surface area contributed by atoms with Crippen molar-refractivity contribution < 1.29 is 9.84 Å². The summed E-state index contributed by atoms with van der Waals surface area (Å²) in [6, 6.07) is 8.07. The lowest BCUT2D eigenvalue weighted by Crippen LogP contribution is -2.17. The van der Waals surface area contributed by atoms with Gasteiger partial charge in [0.2, 0.25) is 0 Å². The van der Waals surface area contributed by atoms with E-state index in [9.17, 15) is 5.11 Å². The van der Waals surface area contributed by atoms with E-state index in [1.807, 2.05) is 25.1 Å². The molecule has 1 aromatic heterocycles. The van der Waals surface area contributed by atoms with Crippen molar-refractivity contribution in [1.29, 1.82) is 0 Å². The van der Waals surface area contributed by atoms with Gasteiger partial charge in [-0.2, -0.15) is 0 Å². The predicted molar refractivity (Wildman–Crippen MR) is 72.8 cm³/mol. The van der Waals surface area contributed by atoms with Crippen LogP contribution in [-0.2, 0) is 4.74 Å². The van der Waals surface area contributed by atoms with Crippen LogP contribution in [0.4, 0.5) is 0 Å². The maximum absolute atomic E-state index is 9.65. The molecule has 0 unspecified atom stereocenters. The number of para-hydroxylation sites is 1. The van der Waals surface area contributed by atoms with Gasteiger partial charge in [-0.3, -0.25) is 0 Å². The van der Waals surface area contributed by atoms with Gasteiger partial charge in [0.1, 0.15) is 0 Å². The Hall–Kier alpha value is -0.620. The van der Waals surface area contributed by atoms with Gasteiger partial charge >= 0.3 is 0 Å². The molecule has 0 aliphatic carbocycles. The molecule has 1 atom stereocenters. The first-order valence-electron chi connectivity index (χ1n) is 5.53. The number of thiazole rings is 1. The number of thioether (sulfide) groups is 1. The van der Waals surface area contributed by atoms with Crippen molar-refractivity contribution in [3.05, 3.63) is 24.3 Å². The molecule has 5 heteroatoms. The van der Waals surface area contributed by atoms with Gasteiger partial charge < -0.3 is 9.84 Å². The SMILES string of the molecule is CCOC[C@H](O)CSc1nc2ccccc2s1. The van der Waals surface area contributed by atoms with Gasteiger partial charge in [0.15, 0.2) is 4.34 Å². The molecule has 0 bridgehead atoms. The topological polar surface area (TPSA) is 42.4 Å². The zero-order valence-corrected chi connectivity index (χ0v) is 11.3. The lowest BCUT2D eigenvalue weighted by molar-refractivity contribution is 0.0551. The van der Waals surface area contributed by atoms with Crippen molar-refractivity contribution in [2.24, 2.45) is 0 Å². The number of hydrogen-bond donors (Lipinski definition) is 1. The average Bonchev–Trinajstić information content (AvgIpc) is 2.76. The molecular weight excluding hydrogens is 254 g/mol. The van der Waals surface area contributed by atoms with Crippen molar-refractivity contribution >= 4 is 33.3 Å². The van der Waals surface area contributed by atoms with Crippen LogP contribution in [0.15, 0.2) is 28.6 Å². The Morgan fingerprint density at radius 3 is 3.06 bits per heavy atom. The number of nitrogens with zero attached hydrogens (tertiary/aromatic N) is 1. The first-order chi connectivity index (χ1) is 8.29. The van der Waals surface area contributed by atoms with Crippen LogP contribution in [0.2, 0.25) is 0 Å². The molecule has 0 aliphatic heterocycles. The molecule has 0 fully saturated rings. The Bertz CT molecular complexity index is 439. The molecule has 0 saturated heterocycles. The van der Waals surface area contributed by atoms with Gasteiger partial charge in [-0.15, -0.1) is 11.3 Å². The van der Waals surface area contributed by atoms with Crippen LogP contribution >= 0.6 is 23.1 Å². The summed E-state index contributed by atoms with van der Waals surface area (Å²) in [6.45, 7) is 2.96. The summed E-state index contributed by atoms with van der Waals surface area (Å²) in [4.78, 5) is 4.49. The molecule has 2 rings (SSSR count). The number of hydrogen-bond acceptors (Lipinski definition) is 5. The highest BCUT2D eigenvalue weighted by Gasteiger charge is 2.08. The minimum absolute atomic E-state index is 0.397. The zero-order valence-electron chi connectivity index (χ0n) is 9.63. The smallest absolute Gasteiger partial charge is 0.151 e. The highest BCUT2D eigenvalue weighted by molar-refractivity contribution is 8.01. The second kappa shape index (κ2) is 6.35. The van der Waals surface area contributed by atoms with E-state index in [1.54, 1.807) is 23.1 Å². The molecule has 0 aliphatic rings. The molecule has 2 aromatic rings. The normalized spacial score (nSPS) is 13.1. The molecule has 1 N–H and O–H groups in total. The van der Waals surface area contributed by atoms with Gasteiger partial charge in [0.05, 0.1) is 22.9 Å². The number of aliphatic hydroxyl groups is 1. The summed E-state index contributed by atoms with van der Waals surface area (Å²) >= 11 is 3.25. The molecule has 17 heavy (non-hydrogen) atoms. The number of benzene rings is 1. The van der Waals surface area contributed by atoms with Gasteiger partial charge in [0.25, 0.3) is 0 Å². The Labute approximate surface area is 109 Å². The molecule has 0 saturated carbocycles. The summed E-state index contributed by atoms with van der Waals surface area (Å²) in [6.07, 6.45) is -0.424. The van der Waals surface area contributed by atoms with Crippen LogP contribution in [-0.4, -0.2) is 35.2 Å². The van der Waals surface area contributed by atoms with Crippen LogP contribution in [0.1, 0.15) is 6.92 Å². The quantitative estimate of drug-likeness (QED) is 0.819. The zero-order chi connectivity index (χ0) is 12.1. The molecule has 3 nitrogen and oxygen atoms in total. The standard InChI is InChI=1S/C12H15NO2S2/c1-2-15-7-9(14)8-16-12-13-10-5-3-4-6-11(10)17-12/h3-6,9,14H,2,7-8H2,1H3/t9-/m0/s1. The van der Waals surface area contributed by atoms with Gasteiger partial charge in [-0.05, 0) is 19.1 Å². The summed E-state index contributed by atoms with van der Waals surface area (Å²) < 4.78 is 7.35. The number of aromatic nitrogens is 1. The maximum Gasteiger partial charge on any atom is 0.151 e. The van der Waals surface area contributed by atoms with Crippen LogP contribution < -0.4 is 0 Å². The largest absolute Gasteiger partial charge is 0.390 e. The average molecular weight is 269 g/mol. The summed E-state index contributed by atoms with van der Waals surface area (Å²) in [5, 5.41) is 9.65. The van der Waals surface area contributed by atoms with Crippen LogP contribution in [0.5, 0.6) is 0 Å². The first kappa shape index (κ1) is 12.8. The minimum Gasteiger partial charge on any atom is -0.390 e. The summed E-state index contributed by atoms with van der Waals surface area (Å²) in [5.41, 5.74) is 1.03. The molecule has 0 radical (unpaired) electrons. The molecule has 0 amide bonds. The Morgan fingerprint density at radius 1 is 1.47 bits per heavy atom. The van der Waals surface area contributed by atoms with Crippen LogP contribution in [0.25, 0.3) is 10.2 Å². The Kier molecular flexibility index (Phi) is 4.79. The van der Waals surface area contributed by atoms with Crippen LogP contribution in [0, 0.1) is 0 Å². The predicted octanol–water partition coefficient (Wildman–Crippen LogP) is 2.79. The third kappa shape index (κ3) is 3.67. The summed E-state index contributed by atoms with van der Waals surface area (Å²) in [7, 11) is 0. The number of ether oxygens (including phenoxy) is 1. The summed E-state index contributed by atoms with van der Waals surface area (Å²) in [5.74, 6) is 0.625. The fraction of sp³-hybridized carbons (Fsp3) is 0.417. The fourth-order valence-corrected chi connectivity index (χ4v) is 3.38. The Morgan fingerprint density at radius 2 is 2.29 bits per heavy atom. The number of fused-ring (bicyclic) bond motifs is 1. The minimum atomic E-state index is -0.424. The van der Waals surface area contributed by atoms with E-state index >= 15 is 0 Å². The van der Waals surface area contributed by atoms with Gasteiger partial charge in [0, 0.05) is 12.4 Å². The fourth-order valence-electron chi connectivity index (χ4n) is 1.38. The van der Waals surface area contributed by atoms with Crippen molar-refractivity contribution in [1.82, 2.24) is 4.98 Å². The lowest BCUT2D eigenvalue weighted by Gasteiger charge is -2.08. The Balaban J connectivity index is 1.90. The van der Waals surface area contributed by atoms with Crippen molar-refractivity contribution in [2.75, 3.05) is 19.0 Å². The van der Waals surface area contributed by atoms with E-state index in [-0.39, 0.29) is 0 Å². The molecule has 0 spiro atoms. The van der Waals surface area contributed by atoms with E-state index in [0.29, 0.717) is 19.0 Å². The second-order valence-corrected chi connectivity index (χ2v) is 5.87. The van der Waals surface area contributed by atoms with E-state index in [2.05, 4.69) is 11.1 Å². The van der Waals surface area contributed by atoms with Gasteiger partial charge in [-0.1, -0.05) is 23.9 Å². The van der Waals surface area contributed by atoms with E-state index in [4.69, 9.17) is 4.74 Å². The van der Waals surface area contributed by atoms with Crippen molar-refractivity contribution in [2.45, 2.75) is 17.4 Å². The highest BCUT2D eigenvalue weighted by Crippen LogP contribution is 2.29. The number of aliphatic hydroxyl groups excluding tert-OH is 1. The lowest BCUT2D eigenvalue weighted by atomic mass is 10.3. The third-order valence-electron chi connectivity index (χ3n) is 2.19. The highest BCUT2D eigenvalue weighted by atomic mass is 32.2. The van der Waals surface area contributed by atoms with E-state index in [1.165, 1.54) is 4.70 Å². The second-order valence-electron chi connectivity index (χ2n) is 3.57. The molecule has 1 heterocycles. The van der Waals surface area contributed by atoms with Crippen molar-refractivity contribution in [3.63, 3.8) is 0 Å². The molecule has 92 valence electrons. The number of rotatable bonds is 6. The maximum atomic E-state index is 9.65. The van der Waals surface area contributed by atoms with Crippen molar-refractivity contribution in [3.8, 4) is 0 Å². The van der Waals surface area contributed by atoms with Gasteiger partial charge in [-0.25, -0.2) is 4.98 Å². The molecular formula is C12H15NO2S2. The third-order valence-corrected chi connectivity index (χ3v) is 4.51. The van der Waals surface area contributed by atoms with E-state index in [0.717, 1.165) is 9.86 Å². The monoisotopic (exact) mass is 269 g/mol. The van der Waals surface area contributed by atoms with E-state index < -0.39 is 6.10 Å². The molecule has 1 aromatic carbocycles. The first-order valence-corrected chi connectivity index (χ1v) is 7.34. The van der Waals surface area contributed by atoms with Crippen LogP contribution in [0.3, 0.4) is 0 Å².